The summed E-state index contributed by atoms with van der Waals surface area (Å²) in [5.74, 6) is -0.813. The Morgan fingerprint density at radius 2 is 1.76 bits per heavy atom. The van der Waals surface area contributed by atoms with Gasteiger partial charge in [-0.3, -0.25) is 4.79 Å². The standard InChI is InChI=1S/C35H35FN4O4S/c1-22-5-4-7-27(36)30(22)38-32(41)29-19-24-13-16-40(28-8-3-2-6-26(28)31(24)45-29)33(42)23-9-11-25(12-10-23)37-34(43)39-20-35(21-39)14-17-44-18-15-35/h2-12,19,33,42H,13-18,20-21H2,1H3,(H,37,43)(H,38,41). The maximum absolute atomic E-state index is 14.4. The summed E-state index contributed by atoms with van der Waals surface area (Å²) in [6.45, 7) is 5.34. The molecule has 3 N–H and O–H groups in total. The van der Waals surface area contributed by atoms with Gasteiger partial charge in [0, 0.05) is 65.6 Å². The smallest absolute Gasteiger partial charge is 0.321 e. The Morgan fingerprint density at radius 1 is 1.00 bits per heavy atom. The number of nitrogens with zero attached hydrogens (tertiary/aromatic N) is 2. The molecule has 1 atom stereocenters. The summed E-state index contributed by atoms with van der Waals surface area (Å²) in [5, 5.41) is 17.3. The molecule has 0 bridgehead atoms. The number of benzene rings is 3. The van der Waals surface area contributed by atoms with Crippen molar-refractivity contribution in [3.05, 3.63) is 100 Å². The van der Waals surface area contributed by atoms with Crippen LogP contribution in [0.25, 0.3) is 10.4 Å². The van der Waals surface area contributed by atoms with Gasteiger partial charge in [0.2, 0.25) is 0 Å². The molecule has 0 aliphatic carbocycles. The first-order chi connectivity index (χ1) is 21.8. The van der Waals surface area contributed by atoms with Gasteiger partial charge < -0.3 is 30.3 Å². The fraction of sp³-hybridized carbons (Fsp3) is 0.314. The van der Waals surface area contributed by atoms with Gasteiger partial charge in [0.25, 0.3) is 5.91 Å². The topological polar surface area (TPSA) is 94.1 Å². The number of aliphatic hydroxyl groups is 1. The largest absolute Gasteiger partial charge is 0.381 e. The average Bonchev–Trinajstić information content (AvgIpc) is 3.40. The molecule has 2 fully saturated rings. The SMILES string of the molecule is Cc1cccc(F)c1NC(=O)c1cc2c(s1)-c1ccccc1N(C(O)c1ccc(NC(=O)N3CC4(CCOCC4)C3)cc1)CC2. The van der Waals surface area contributed by atoms with Crippen LogP contribution in [0.3, 0.4) is 0 Å². The second kappa shape index (κ2) is 11.9. The van der Waals surface area contributed by atoms with Crippen LogP contribution < -0.4 is 15.5 Å². The molecule has 7 rings (SSSR count). The number of amides is 3. The van der Waals surface area contributed by atoms with Gasteiger partial charge in [-0.25, -0.2) is 9.18 Å². The number of carbonyl (C=O) groups is 2. The van der Waals surface area contributed by atoms with Crippen molar-refractivity contribution in [1.82, 2.24) is 4.90 Å². The predicted octanol–water partition coefficient (Wildman–Crippen LogP) is 6.81. The lowest BCUT2D eigenvalue weighted by Gasteiger charge is -2.51. The van der Waals surface area contributed by atoms with Crippen molar-refractivity contribution >= 4 is 40.3 Å². The minimum Gasteiger partial charge on any atom is -0.381 e. The molecule has 3 aromatic carbocycles. The zero-order valence-corrected chi connectivity index (χ0v) is 25.8. The zero-order chi connectivity index (χ0) is 31.1. The number of carbonyl (C=O) groups excluding carboxylic acids is 2. The summed E-state index contributed by atoms with van der Waals surface area (Å²) in [5.41, 5.74) is 5.24. The Balaban J connectivity index is 1.05. The number of fused-ring (bicyclic) bond motifs is 3. The molecule has 2 saturated heterocycles. The lowest BCUT2D eigenvalue weighted by Crippen LogP contribution is -2.61. The third-order valence-corrected chi connectivity index (χ3v) is 10.4. The van der Waals surface area contributed by atoms with Crippen LogP contribution in [-0.2, 0) is 11.2 Å². The number of hydrogen-bond donors (Lipinski definition) is 3. The van der Waals surface area contributed by atoms with Gasteiger partial charge in [-0.05, 0) is 67.6 Å². The van der Waals surface area contributed by atoms with Crippen molar-refractivity contribution in [2.75, 3.05) is 48.4 Å². The molecule has 10 heteroatoms. The third kappa shape index (κ3) is 5.69. The van der Waals surface area contributed by atoms with E-state index in [1.165, 1.54) is 17.4 Å². The number of rotatable bonds is 5. The number of nitrogens with one attached hydrogen (secondary N) is 2. The molecule has 232 valence electrons. The molecule has 1 spiro atoms. The molecule has 3 amide bonds. The monoisotopic (exact) mass is 626 g/mol. The molecule has 4 heterocycles. The number of likely N-dealkylation sites (tertiary alicyclic amines) is 1. The van der Waals surface area contributed by atoms with E-state index >= 15 is 0 Å². The first-order valence-electron chi connectivity index (χ1n) is 15.3. The summed E-state index contributed by atoms with van der Waals surface area (Å²) in [4.78, 5) is 31.3. The first-order valence-corrected chi connectivity index (χ1v) is 16.1. The third-order valence-electron chi connectivity index (χ3n) is 9.22. The molecule has 1 unspecified atom stereocenters. The number of anilines is 3. The molecule has 3 aliphatic heterocycles. The van der Waals surface area contributed by atoms with Crippen LogP contribution in [-0.4, -0.2) is 54.8 Å². The van der Waals surface area contributed by atoms with Crippen LogP contribution >= 0.6 is 11.3 Å². The quantitative estimate of drug-likeness (QED) is 0.226. The minimum atomic E-state index is -0.916. The van der Waals surface area contributed by atoms with E-state index in [9.17, 15) is 19.1 Å². The van der Waals surface area contributed by atoms with Crippen molar-refractivity contribution in [1.29, 1.82) is 0 Å². The Labute approximate surface area is 265 Å². The lowest BCUT2D eigenvalue weighted by molar-refractivity contribution is -0.0596. The van der Waals surface area contributed by atoms with Crippen LogP contribution in [0.1, 0.15) is 45.4 Å². The highest BCUT2D eigenvalue weighted by Crippen LogP contribution is 2.44. The number of aryl methyl sites for hydroxylation is 1. The summed E-state index contributed by atoms with van der Waals surface area (Å²) in [6.07, 6.45) is 1.70. The van der Waals surface area contributed by atoms with Crippen LogP contribution in [0.4, 0.5) is 26.2 Å². The zero-order valence-electron chi connectivity index (χ0n) is 25.0. The number of hydrogen-bond acceptors (Lipinski definition) is 6. The van der Waals surface area contributed by atoms with Crippen LogP contribution in [0.15, 0.2) is 72.8 Å². The molecule has 4 aromatic rings. The summed E-state index contributed by atoms with van der Waals surface area (Å²) in [6, 6.07) is 21.7. The second-order valence-corrected chi connectivity index (χ2v) is 13.3. The van der Waals surface area contributed by atoms with Crippen molar-refractivity contribution in [3.8, 4) is 10.4 Å². The highest BCUT2D eigenvalue weighted by molar-refractivity contribution is 7.17. The van der Waals surface area contributed by atoms with E-state index in [0.717, 1.165) is 60.8 Å². The van der Waals surface area contributed by atoms with E-state index in [1.54, 1.807) is 19.1 Å². The number of aliphatic hydroxyl groups excluding tert-OH is 1. The number of ether oxygens (including phenoxy) is 1. The summed E-state index contributed by atoms with van der Waals surface area (Å²) >= 11 is 1.37. The number of para-hydroxylation sites is 2. The van der Waals surface area contributed by atoms with E-state index in [-0.39, 0.29) is 23.0 Å². The van der Waals surface area contributed by atoms with E-state index in [4.69, 9.17) is 4.74 Å². The molecule has 8 nitrogen and oxygen atoms in total. The molecule has 0 radical (unpaired) electrons. The number of halogens is 1. The maximum Gasteiger partial charge on any atom is 0.321 e. The number of thiophene rings is 1. The molecular weight excluding hydrogens is 591 g/mol. The predicted molar refractivity (Wildman–Crippen MR) is 174 cm³/mol. The first kappa shape index (κ1) is 29.5. The normalized spacial score (nSPS) is 17.5. The highest BCUT2D eigenvalue weighted by Gasteiger charge is 2.45. The van der Waals surface area contributed by atoms with Gasteiger partial charge in [0.15, 0.2) is 6.23 Å². The molecule has 1 aromatic heterocycles. The average molecular weight is 627 g/mol. The Bertz CT molecular complexity index is 1720. The van der Waals surface area contributed by atoms with E-state index in [2.05, 4.69) is 10.6 Å². The summed E-state index contributed by atoms with van der Waals surface area (Å²) < 4.78 is 19.9. The second-order valence-electron chi connectivity index (χ2n) is 12.2. The lowest BCUT2D eigenvalue weighted by atomic mass is 9.73. The van der Waals surface area contributed by atoms with Crippen molar-refractivity contribution in [2.45, 2.75) is 32.4 Å². The van der Waals surface area contributed by atoms with Crippen molar-refractivity contribution < 1.29 is 23.8 Å². The van der Waals surface area contributed by atoms with Gasteiger partial charge in [-0.1, -0.05) is 42.5 Å². The summed E-state index contributed by atoms with van der Waals surface area (Å²) in [7, 11) is 0. The van der Waals surface area contributed by atoms with Crippen molar-refractivity contribution in [2.24, 2.45) is 5.41 Å². The van der Waals surface area contributed by atoms with E-state index in [0.29, 0.717) is 34.7 Å². The maximum atomic E-state index is 14.4. The Hall–Kier alpha value is -4.25. The van der Waals surface area contributed by atoms with Crippen molar-refractivity contribution in [3.63, 3.8) is 0 Å². The van der Waals surface area contributed by atoms with Gasteiger partial charge in [0.05, 0.1) is 10.6 Å². The molecule has 3 aliphatic rings. The van der Waals surface area contributed by atoms with Gasteiger partial charge in [-0.15, -0.1) is 11.3 Å². The van der Waals surface area contributed by atoms with E-state index in [1.807, 2.05) is 64.4 Å². The Kier molecular flexibility index (Phi) is 7.81. The fourth-order valence-electron chi connectivity index (χ4n) is 6.60. The molecular formula is C35H35FN4O4S. The highest BCUT2D eigenvalue weighted by atomic mass is 32.1. The van der Waals surface area contributed by atoms with Gasteiger partial charge in [0.1, 0.15) is 5.82 Å². The van der Waals surface area contributed by atoms with E-state index < -0.39 is 12.0 Å². The minimum absolute atomic E-state index is 0.106. The van der Waals surface area contributed by atoms with Gasteiger partial charge in [-0.2, -0.15) is 0 Å². The Morgan fingerprint density at radius 3 is 2.51 bits per heavy atom. The number of urea groups is 1. The molecule has 45 heavy (non-hydrogen) atoms. The van der Waals surface area contributed by atoms with Crippen LogP contribution in [0.2, 0.25) is 0 Å². The van der Waals surface area contributed by atoms with Gasteiger partial charge >= 0.3 is 6.03 Å². The molecule has 0 saturated carbocycles. The fourth-order valence-corrected chi connectivity index (χ4v) is 7.74. The van der Waals surface area contributed by atoms with Crippen LogP contribution in [0.5, 0.6) is 0 Å². The van der Waals surface area contributed by atoms with Crippen LogP contribution in [0, 0.1) is 18.2 Å².